The van der Waals surface area contributed by atoms with Crippen molar-refractivity contribution in [3.05, 3.63) is 23.8 Å². The lowest BCUT2D eigenvalue weighted by Gasteiger charge is -2.36. The molecule has 1 aliphatic heterocycles. The Morgan fingerprint density at radius 1 is 1.29 bits per heavy atom. The number of hydrogen-bond acceptors (Lipinski definition) is 3. The predicted octanol–water partition coefficient (Wildman–Crippen LogP) is 1.61. The highest BCUT2D eigenvalue weighted by atomic mass is 15.0. The van der Waals surface area contributed by atoms with E-state index in [1.54, 1.807) is 6.33 Å². The van der Waals surface area contributed by atoms with Gasteiger partial charge < -0.3 is 5.32 Å². The van der Waals surface area contributed by atoms with Gasteiger partial charge in [-0.1, -0.05) is 12.8 Å². The van der Waals surface area contributed by atoms with Crippen LogP contribution in [0.25, 0.3) is 0 Å². The molecule has 2 heterocycles. The van der Waals surface area contributed by atoms with Gasteiger partial charge in [-0.25, -0.2) is 9.97 Å². The molecule has 2 atom stereocenters. The molecule has 0 aromatic carbocycles. The molecule has 74 valence electrons. The summed E-state index contributed by atoms with van der Waals surface area (Å²) in [4.78, 5) is 8.54. The van der Waals surface area contributed by atoms with E-state index in [1.165, 1.54) is 36.9 Å². The summed E-state index contributed by atoms with van der Waals surface area (Å²) in [5.41, 5.74) is 2.61. The van der Waals surface area contributed by atoms with Gasteiger partial charge in [0.25, 0.3) is 0 Å². The summed E-state index contributed by atoms with van der Waals surface area (Å²) in [5.74, 6) is 0.649. The first kappa shape index (κ1) is 8.36. The molecule has 3 nitrogen and oxygen atoms in total. The molecule has 14 heavy (non-hydrogen) atoms. The maximum Gasteiger partial charge on any atom is 0.115 e. The third-order valence-corrected chi connectivity index (χ3v) is 3.49. The van der Waals surface area contributed by atoms with E-state index in [0.717, 1.165) is 6.54 Å². The van der Waals surface area contributed by atoms with Crippen LogP contribution in [0.2, 0.25) is 0 Å². The quantitative estimate of drug-likeness (QED) is 0.673. The smallest absolute Gasteiger partial charge is 0.115 e. The molecular formula is C11H15N3. The fraction of sp³-hybridized carbons (Fsp3) is 0.636. The first-order valence-corrected chi connectivity index (χ1v) is 5.47. The molecule has 0 saturated heterocycles. The molecule has 0 amide bonds. The van der Waals surface area contributed by atoms with Crippen LogP contribution < -0.4 is 5.32 Å². The van der Waals surface area contributed by atoms with Gasteiger partial charge in [-0.05, 0) is 12.8 Å². The van der Waals surface area contributed by atoms with Crippen molar-refractivity contribution in [1.29, 1.82) is 0 Å². The van der Waals surface area contributed by atoms with E-state index in [4.69, 9.17) is 0 Å². The van der Waals surface area contributed by atoms with Gasteiger partial charge in [-0.3, -0.25) is 0 Å². The molecule has 2 aliphatic rings. The minimum atomic E-state index is 0.649. The monoisotopic (exact) mass is 189 g/mol. The first-order chi connectivity index (χ1) is 6.95. The highest BCUT2D eigenvalue weighted by molar-refractivity contribution is 5.25. The molecule has 1 aromatic rings. The third-order valence-electron chi connectivity index (χ3n) is 3.49. The highest BCUT2D eigenvalue weighted by Gasteiger charge is 2.32. The lowest BCUT2D eigenvalue weighted by molar-refractivity contribution is 0.301. The van der Waals surface area contributed by atoms with E-state index in [9.17, 15) is 0 Å². The van der Waals surface area contributed by atoms with Crippen LogP contribution in [-0.2, 0) is 6.54 Å². The second-order valence-corrected chi connectivity index (χ2v) is 4.31. The predicted molar refractivity (Wildman–Crippen MR) is 53.9 cm³/mol. The SMILES string of the molecule is c1ncc2c(n1)[C@H]1CCCC[C@H]1NC2. The normalized spacial score (nSPS) is 30.6. The van der Waals surface area contributed by atoms with Crippen molar-refractivity contribution in [2.75, 3.05) is 0 Å². The molecule has 1 aliphatic carbocycles. The van der Waals surface area contributed by atoms with E-state index in [2.05, 4.69) is 15.3 Å². The van der Waals surface area contributed by atoms with E-state index in [0.29, 0.717) is 12.0 Å². The van der Waals surface area contributed by atoms with Crippen LogP contribution >= 0.6 is 0 Å². The minimum absolute atomic E-state index is 0.649. The second-order valence-electron chi connectivity index (χ2n) is 4.31. The lowest BCUT2D eigenvalue weighted by atomic mass is 9.79. The largest absolute Gasteiger partial charge is 0.309 e. The lowest BCUT2D eigenvalue weighted by Crippen LogP contribution is -2.41. The molecule has 3 heteroatoms. The Labute approximate surface area is 84.0 Å². The number of rotatable bonds is 0. The maximum atomic E-state index is 4.45. The fourth-order valence-corrected chi connectivity index (χ4v) is 2.78. The zero-order valence-corrected chi connectivity index (χ0v) is 8.24. The second kappa shape index (κ2) is 3.31. The van der Waals surface area contributed by atoms with Crippen LogP contribution in [0.4, 0.5) is 0 Å². The number of nitrogens with one attached hydrogen (secondary N) is 1. The molecule has 1 saturated carbocycles. The standard InChI is InChI=1S/C11H15N3/c1-2-4-10-9(3-1)11-8(6-13-10)5-12-7-14-11/h5,7,9-10,13H,1-4,6H2/t9-,10+/m0/s1. The first-order valence-electron chi connectivity index (χ1n) is 5.47. The molecular weight excluding hydrogens is 174 g/mol. The Balaban J connectivity index is 1.99. The Hall–Kier alpha value is -0.960. The van der Waals surface area contributed by atoms with Crippen LogP contribution in [0.1, 0.15) is 42.9 Å². The van der Waals surface area contributed by atoms with Crippen LogP contribution in [0.5, 0.6) is 0 Å². The van der Waals surface area contributed by atoms with E-state index < -0.39 is 0 Å². The minimum Gasteiger partial charge on any atom is -0.309 e. The number of nitrogens with zero attached hydrogens (tertiary/aromatic N) is 2. The zero-order chi connectivity index (χ0) is 9.38. The number of hydrogen-bond donors (Lipinski definition) is 1. The Bertz CT molecular complexity index is 337. The van der Waals surface area contributed by atoms with Crippen LogP contribution in [0.15, 0.2) is 12.5 Å². The molecule has 0 bridgehead atoms. The zero-order valence-electron chi connectivity index (χ0n) is 8.24. The van der Waals surface area contributed by atoms with Gasteiger partial charge in [0.2, 0.25) is 0 Å². The molecule has 3 rings (SSSR count). The van der Waals surface area contributed by atoms with Gasteiger partial charge in [0.05, 0.1) is 5.69 Å². The van der Waals surface area contributed by atoms with E-state index in [-0.39, 0.29) is 0 Å². The van der Waals surface area contributed by atoms with Crippen molar-refractivity contribution < 1.29 is 0 Å². The summed E-state index contributed by atoms with van der Waals surface area (Å²) in [7, 11) is 0. The van der Waals surface area contributed by atoms with Gasteiger partial charge in [-0.2, -0.15) is 0 Å². The Kier molecular flexibility index (Phi) is 1.98. The van der Waals surface area contributed by atoms with Crippen LogP contribution in [-0.4, -0.2) is 16.0 Å². The van der Waals surface area contributed by atoms with Gasteiger partial charge >= 0.3 is 0 Å². The van der Waals surface area contributed by atoms with Gasteiger partial charge in [0, 0.05) is 30.3 Å². The highest BCUT2D eigenvalue weighted by Crippen LogP contribution is 2.36. The summed E-state index contributed by atoms with van der Waals surface area (Å²) >= 11 is 0. The Morgan fingerprint density at radius 2 is 2.21 bits per heavy atom. The topological polar surface area (TPSA) is 37.8 Å². The number of fused-ring (bicyclic) bond motifs is 3. The van der Waals surface area contributed by atoms with Crippen molar-refractivity contribution in [2.45, 2.75) is 44.2 Å². The van der Waals surface area contributed by atoms with Crippen molar-refractivity contribution in [2.24, 2.45) is 0 Å². The summed E-state index contributed by atoms with van der Waals surface area (Å²) in [5, 5.41) is 3.60. The van der Waals surface area contributed by atoms with Gasteiger partial charge in [0.1, 0.15) is 6.33 Å². The molecule has 1 fully saturated rings. The van der Waals surface area contributed by atoms with E-state index >= 15 is 0 Å². The number of aromatic nitrogens is 2. The van der Waals surface area contributed by atoms with Crippen molar-refractivity contribution in [3.8, 4) is 0 Å². The van der Waals surface area contributed by atoms with Crippen molar-refractivity contribution in [1.82, 2.24) is 15.3 Å². The summed E-state index contributed by atoms with van der Waals surface area (Å²) in [6, 6.07) is 0.672. The third kappa shape index (κ3) is 1.23. The molecule has 1 N–H and O–H groups in total. The molecule has 0 unspecified atom stereocenters. The van der Waals surface area contributed by atoms with Crippen molar-refractivity contribution >= 4 is 0 Å². The van der Waals surface area contributed by atoms with Gasteiger partial charge in [-0.15, -0.1) is 0 Å². The average molecular weight is 189 g/mol. The summed E-state index contributed by atoms with van der Waals surface area (Å²) in [6.07, 6.45) is 8.98. The van der Waals surface area contributed by atoms with Gasteiger partial charge in [0.15, 0.2) is 0 Å². The van der Waals surface area contributed by atoms with Crippen LogP contribution in [0, 0.1) is 0 Å². The Morgan fingerprint density at radius 3 is 3.21 bits per heavy atom. The summed E-state index contributed by atoms with van der Waals surface area (Å²) in [6.45, 7) is 0.956. The fourth-order valence-electron chi connectivity index (χ4n) is 2.78. The van der Waals surface area contributed by atoms with E-state index in [1.807, 2.05) is 6.20 Å². The van der Waals surface area contributed by atoms with Crippen molar-refractivity contribution in [3.63, 3.8) is 0 Å². The van der Waals surface area contributed by atoms with Crippen LogP contribution in [0.3, 0.4) is 0 Å². The maximum absolute atomic E-state index is 4.45. The average Bonchev–Trinajstić information content (AvgIpc) is 2.29. The molecule has 1 aromatic heterocycles. The molecule has 0 radical (unpaired) electrons. The summed E-state index contributed by atoms with van der Waals surface area (Å²) < 4.78 is 0. The molecule has 0 spiro atoms.